The Bertz CT molecular complexity index is 1180. The van der Waals surface area contributed by atoms with E-state index in [0.29, 0.717) is 28.9 Å². The monoisotopic (exact) mass is 561 g/mol. The van der Waals surface area contributed by atoms with Gasteiger partial charge in [0.1, 0.15) is 5.75 Å². The highest BCUT2D eigenvalue weighted by molar-refractivity contribution is 9.10. The number of aromatic hydroxyl groups is 1. The van der Waals surface area contributed by atoms with Crippen LogP contribution in [0.3, 0.4) is 0 Å². The molecule has 4 rings (SSSR count). The summed E-state index contributed by atoms with van der Waals surface area (Å²) in [6.07, 6.45) is 0. The highest BCUT2D eigenvalue weighted by atomic mass is 79.9. The molecule has 1 saturated heterocycles. The molecule has 188 valence electrons. The molecule has 1 aromatic heterocycles. The Morgan fingerprint density at radius 3 is 2.49 bits per heavy atom. The average molecular weight is 563 g/mol. The van der Waals surface area contributed by atoms with Crippen molar-refractivity contribution in [3.8, 4) is 5.75 Å². The van der Waals surface area contributed by atoms with E-state index in [1.807, 2.05) is 42.8 Å². The second-order valence-electron chi connectivity index (χ2n) is 8.62. The third kappa shape index (κ3) is 5.70. The first kappa shape index (κ1) is 26.0. The van der Waals surface area contributed by atoms with Gasteiger partial charge in [-0.3, -0.25) is 9.80 Å². The van der Waals surface area contributed by atoms with Gasteiger partial charge in [-0.2, -0.15) is 0 Å². The lowest BCUT2D eigenvalue weighted by atomic mass is 10.0. The molecule has 2 aromatic carbocycles. The molecular weight excluding hydrogens is 530 g/mol. The number of aryl methyl sites for hydroxylation is 1. The molecule has 0 radical (unpaired) electrons. The highest BCUT2D eigenvalue weighted by Crippen LogP contribution is 2.41. The number of thioether (sulfide) groups is 1. The van der Waals surface area contributed by atoms with Gasteiger partial charge in [0.25, 0.3) is 0 Å². The number of esters is 1. The van der Waals surface area contributed by atoms with Gasteiger partial charge >= 0.3 is 5.97 Å². The molecule has 0 spiro atoms. The molecule has 0 bridgehead atoms. The minimum Gasteiger partial charge on any atom is -0.506 e. The Hall–Kier alpha value is -2.04. The van der Waals surface area contributed by atoms with E-state index in [4.69, 9.17) is 4.74 Å². The van der Waals surface area contributed by atoms with E-state index in [1.54, 1.807) is 11.8 Å². The van der Waals surface area contributed by atoms with Crippen molar-refractivity contribution in [1.29, 1.82) is 0 Å². The number of carbonyl (C=O) groups excluding carboxylic acids is 1. The SMILES string of the molecule is CCOC(=O)c1c(CSc2ccccc2)n(C)c2cc(Br)c(O)c(CN3CCN(CCO)CC3)c12. The van der Waals surface area contributed by atoms with Gasteiger partial charge in [0.05, 0.1) is 28.8 Å². The van der Waals surface area contributed by atoms with Crippen LogP contribution in [0.4, 0.5) is 0 Å². The lowest BCUT2D eigenvalue weighted by Crippen LogP contribution is -2.46. The van der Waals surface area contributed by atoms with Gasteiger partial charge in [-0.1, -0.05) is 18.2 Å². The van der Waals surface area contributed by atoms with E-state index >= 15 is 0 Å². The Labute approximate surface area is 218 Å². The molecule has 2 N–H and O–H groups in total. The first-order valence-electron chi connectivity index (χ1n) is 11.9. The summed E-state index contributed by atoms with van der Waals surface area (Å²) in [6, 6.07) is 12.0. The Kier molecular flexibility index (Phi) is 8.77. The smallest absolute Gasteiger partial charge is 0.340 e. The third-order valence-electron chi connectivity index (χ3n) is 6.50. The number of phenolic OH excluding ortho intramolecular Hbond substituents is 1. The van der Waals surface area contributed by atoms with Crippen LogP contribution in [0.2, 0.25) is 0 Å². The molecule has 9 heteroatoms. The number of ether oxygens (including phenoxy) is 1. The van der Waals surface area contributed by atoms with E-state index in [2.05, 4.69) is 37.9 Å². The maximum absolute atomic E-state index is 13.3. The van der Waals surface area contributed by atoms with E-state index in [1.165, 1.54) is 0 Å². The van der Waals surface area contributed by atoms with Crippen LogP contribution in [0, 0.1) is 0 Å². The zero-order valence-corrected chi connectivity index (χ0v) is 22.6. The van der Waals surface area contributed by atoms with Crippen LogP contribution in [-0.2, 0) is 24.1 Å². The molecular formula is C26H32BrN3O4S. The van der Waals surface area contributed by atoms with Crippen LogP contribution < -0.4 is 0 Å². The number of phenols is 1. The number of aliphatic hydroxyl groups is 1. The summed E-state index contributed by atoms with van der Waals surface area (Å²) in [5, 5.41) is 21.1. The van der Waals surface area contributed by atoms with E-state index in [-0.39, 0.29) is 24.9 Å². The van der Waals surface area contributed by atoms with Crippen LogP contribution in [0.1, 0.15) is 28.5 Å². The minimum absolute atomic E-state index is 0.156. The number of piperazine rings is 1. The maximum atomic E-state index is 13.3. The van der Waals surface area contributed by atoms with E-state index in [0.717, 1.165) is 53.2 Å². The summed E-state index contributed by atoms with van der Waals surface area (Å²) in [6.45, 7) is 6.81. The van der Waals surface area contributed by atoms with Crippen molar-refractivity contribution in [3.63, 3.8) is 0 Å². The number of halogens is 1. The van der Waals surface area contributed by atoms with Gasteiger partial charge in [-0.05, 0) is 41.1 Å². The van der Waals surface area contributed by atoms with Gasteiger partial charge in [-0.25, -0.2) is 4.79 Å². The second-order valence-corrected chi connectivity index (χ2v) is 10.5. The first-order valence-corrected chi connectivity index (χ1v) is 13.6. The number of aromatic nitrogens is 1. The molecule has 0 saturated carbocycles. The second kappa shape index (κ2) is 11.8. The molecule has 2 heterocycles. The van der Waals surface area contributed by atoms with Gasteiger partial charge < -0.3 is 19.5 Å². The molecule has 1 aliphatic rings. The fourth-order valence-electron chi connectivity index (χ4n) is 4.63. The summed E-state index contributed by atoms with van der Waals surface area (Å²) in [5.74, 6) is 0.396. The lowest BCUT2D eigenvalue weighted by Gasteiger charge is -2.34. The zero-order valence-electron chi connectivity index (χ0n) is 20.2. The number of hydrogen-bond acceptors (Lipinski definition) is 7. The van der Waals surface area contributed by atoms with Gasteiger partial charge in [0.15, 0.2) is 0 Å². The number of β-amino-alcohol motifs (C(OH)–C–C–N with tert-alkyl or cyclic N) is 1. The first-order chi connectivity index (χ1) is 16.9. The third-order valence-corrected chi connectivity index (χ3v) is 8.13. The number of carbonyl (C=O) groups is 1. The van der Waals surface area contributed by atoms with Crippen molar-refractivity contribution < 1.29 is 19.7 Å². The molecule has 0 amide bonds. The molecule has 7 nitrogen and oxygen atoms in total. The summed E-state index contributed by atoms with van der Waals surface area (Å²) >= 11 is 5.20. The van der Waals surface area contributed by atoms with Crippen molar-refractivity contribution in [3.05, 3.63) is 57.7 Å². The van der Waals surface area contributed by atoms with Crippen molar-refractivity contribution in [2.45, 2.75) is 24.1 Å². The fourth-order valence-corrected chi connectivity index (χ4v) is 6.08. The van der Waals surface area contributed by atoms with Gasteiger partial charge in [-0.15, -0.1) is 11.8 Å². The molecule has 1 fully saturated rings. The average Bonchev–Trinajstić information content (AvgIpc) is 3.14. The molecule has 3 aromatic rings. The predicted octanol–water partition coefficient (Wildman–Crippen LogP) is 4.23. The number of hydrogen-bond donors (Lipinski definition) is 2. The van der Waals surface area contributed by atoms with E-state index in [9.17, 15) is 15.0 Å². The topological polar surface area (TPSA) is 78.2 Å². The Balaban J connectivity index is 1.76. The van der Waals surface area contributed by atoms with Crippen LogP contribution in [-0.4, -0.2) is 76.5 Å². The highest BCUT2D eigenvalue weighted by Gasteiger charge is 2.28. The van der Waals surface area contributed by atoms with Crippen molar-refractivity contribution >= 4 is 44.6 Å². The molecule has 0 unspecified atom stereocenters. The number of aliphatic hydroxyl groups excluding tert-OH is 1. The minimum atomic E-state index is -0.363. The molecule has 35 heavy (non-hydrogen) atoms. The van der Waals surface area contributed by atoms with Crippen molar-refractivity contribution in [2.24, 2.45) is 7.05 Å². The molecule has 0 atom stereocenters. The predicted molar refractivity (Wildman–Crippen MR) is 143 cm³/mol. The quantitative estimate of drug-likeness (QED) is 0.299. The van der Waals surface area contributed by atoms with Crippen molar-refractivity contribution in [1.82, 2.24) is 14.4 Å². The van der Waals surface area contributed by atoms with Crippen molar-refractivity contribution in [2.75, 3.05) is 45.9 Å². The van der Waals surface area contributed by atoms with Crippen LogP contribution in [0.25, 0.3) is 10.9 Å². The van der Waals surface area contributed by atoms with Crippen LogP contribution in [0.15, 0.2) is 45.8 Å². The maximum Gasteiger partial charge on any atom is 0.340 e. The normalized spacial score (nSPS) is 15.1. The lowest BCUT2D eigenvalue weighted by molar-refractivity contribution is 0.0527. The summed E-state index contributed by atoms with van der Waals surface area (Å²) < 4.78 is 8.15. The number of nitrogens with zero attached hydrogens (tertiary/aromatic N) is 3. The zero-order chi connectivity index (χ0) is 24.9. The fraction of sp³-hybridized carbons (Fsp3) is 0.423. The molecule has 0 aliphatic carbocycles. The number of fused-ring (bicyclic) bond motifs is 1. The molecule has 1 aliphatic heterocycles. The van der Waals surface area contributed by atoms with E-state index < -0.39 is 0 Å². The van der Waals surface area contributed by atoms with Crippen LogP contribution in [0.5, 0.6) is 5.75 Å². The number of rotatable bonds is 9. The summed E-state index contributed by atoms with van der Waals surface area (Å²) in [4.78, 5) is 18.9. The largest absolute Gasteiger partial charge is 0.506 e. The summed E-state index contributed by atoms with van der Waals surface area (Å²) in [7, 11) is 1.97. The Morgan fingerprint density at radius 1 is 1.14 bits per heavy atom. The summed E-state index contributed by atoms with van der Waals surface area (Å²) in [5.41, 5.74) is 3.03. The standard InChI is InChI=1S/C26H32BrN3O4S/c1-3-34-26(33)24-22(17-35-18-7-5-4-6-8-18)28(2)21-15-20(27)25(32)19(23(21)24)16-30-11-9-29(10-12-30)13-14-31/h4-8,15,31-32H,3,9-14,16-17H2,1-2H3. The Morgan fingerprint density at radius 2 is 1.83 bits per heavy atom. The number of benzene rings is 2. The van der Waals surface area contributed by atoms with Gasteiger partial charge in [0.2, 0.25) is 0 Å². The van der Waals surface area contributed by atoms with Gasteiger partial charge in [0, 0.05) is 73.6 Å². The van der Waals surface area contributed by atoms with Crippen LogP contribution >= 0.6 is 27.7 Å².